The maximum absolute atomic E-state index is 12.4. The van der Waals surface area contributed by atoms with E-state index in [4.69, 9.17) is 4.42 Å². The van der Waals surface area contributed by atoms with Crippen LogP contribution in [0.3, 0.4) is 0 Å². The predicted octanol–water partition coefficient (Wildman–Crippen LogP) is 2.09. The Morgan fingerprint density at radius 2 is 2.33 bits per heavy atom. The quantitative estimate of drug-likeness (QED) is 0.903. The van der Waals surface area contributed by atoms with Gasteiger partial charge in [0.05, 0.1) is 5.75 Å². The molecule has 0 saturated carbocycles. The summed E-state index contributed by atoms with van der Waals surface area (Å²) in [6.45, 7) is 2.63. The van der Waals surface area contributed by atoms with Crippen molar-refractivity contribution in [2.24, 2.45) is 0 Å². The average Bonchev–Trinajstić information content (AvgIpc) is 2.93. The molecule has 0 bridgehead atoms. The van der Waals surface area contributed by atoms with Crippen molar-refractivity contribution in [1.82, 2.24) is 10.2 Å². The van der Waals surface area contributed by atoms with Gasteiger partial charge in [-0.15, -0.1) is 0 Å². The summed E-state index contributed by atoms with van der Waals surface area (Å²) in [5.74, 6) is -2.65. The highest BCUT2D eigenvalue weighted by molar-refractivity contribution is 7.98. The van der Waals surface area contributed by atoms with Gasteiger partial charge in [-0.05, 0) is 18.6 Å². The Labute approximate surface area is 125 Å². The monoisotopic (exact) mass is 318 g/mol. The van der Waals surface area contributed by atoms with E-state index < -0.39 is 11.8 Å². The first kappa shape index (κ1) is 15.8. The van der Waals surface area contributed by atoms with Gasteiger partial charge in [-0.1, -0.05) is 18.7 Å². The van der Waals surface area contributed by atoms with Crippen molar-refractivity contribution in [2.75, 3.05) is 13.1 Å². The van der Waals surface area contributed by atoms with Crippen molar-refractivity contribution in [3.63, 3.8) is 0 Å². The maximum atomic E-state index is 12.4. The SMILES string of the molecule is CCC1C(=O)NCCN1C(=O)c1ccc(CSC(F)F)o1. The van der Waals surface area contributed by atoms with Crippen LogP contribution in [0.25, 0.3) is 0 Å². The van der Waals surface area contributed by atoms with Crippen molar-refractivity contribution >= 4 is 23.6 Å². The zero-order valence-electron chi connectivity index (χ0n) is 11.5. The number of hydrogen-bond donors (Lipinski definition) is 1. The highest BCUT2D eigenvalue weighted by Crippen LogP contribution is 2.22. The molecule has 0 spiro atoms. The summed E-state index contributed by atoms with van der Waals surface area (Å²) < 4.78 is 29.5. The Balaban J connectivity index is 2.06. The molecule has 1 atom stereocenters. The Morgan fingerprint density at radius 3 is 3.00 bits per heavy atom. The summed E-state index contributed by atoms with van der Waals surface area (Å²) in [5.41, 5.74) is 0. The molecule has 1 aromatic rings. The first-order valence-electron chi connectivity index (χ1n) is 6.60. The lowest BCUT2D eigenvalue weighted by Gasteiger charge is -2.33. The van der Waals surface area contributed by atoms with Gasteiger partial charge in [-0.2, -0.15) is 8.78 Å². The molecule has 1 aromatic heterocycles. The van der Waals surface area contributed by atoms with Crippen LogP contribution in [-0.4, -0.2) is 41.6 Å². The molecular formula is C13H16F2N2O3S. The number of carbonyl (C=O) groups excluding carboxylic acids is 2. The summed E-state index contributed by atoms with van der Waals surface area (Å²) in [4.78, 5) is 25.6. The highest BCUT2D eigenvalue weighted by atomic mass is 32.2. The van der Waals surface area contributed by atoms with Crippen LogP contribution in [0.4, 0.5) is 8.78 Å². The van der Waals surface area contributed by atoms with Gasteiger partial charge in [-0.3, -0.25) is 9.59 Å². The van der Waals surface area contributed by atoms with E-state index in [0.29, 0.717) is 37.0 Å². The van der Waals surface area contributed by atoms with E-state index in [-0.39, 0.29) is 23.3 Å². The molecule has 0 aromatic carbocycles. The number of carbonyl (C=O) groups is 2. The van der Waals surface area contributed by atoms with E-state index in [2.05, 4.69) is 5.32 Å². The summed E-state index contributed by atoms with van der Waals surface area (Å²) in [6.07, 6.45) is 0.506. The second-order valence-electron chi connectivity index (χ2n) is 4.55. The number of alkyl halides is 2. The van der Waals surface area contributed by atoms with E-state index in [1.54, 1.807) is 0 Å². The molecule has 1 unspecified atom stereocenters. The van der Waals surface area contributed by atoms with Gasteiger partial charge in [0.2, 0.25) is 5.91 Å². The number of nitrogens with one attached hydrogen (secondary N) is 1. The number of furan rings is 1. The normalized spacial score (nSPS) is 19.0. The summed E-state index contributed by atoms with van der Waals surface area (Å²) in [6, 6.07) is 2.45. The van der Waals surface area contributed by atoms with Gasteiger partial charge in [0.1, 0.15) is 11.8 Å². The first-order chi connectivity index (χ1) is 10.0. The second-order valence-corrected chi connectivity index (χ2v) is 5.53. The second kappa shape index (κ2) is 6.93. The number of hydrogen-bond acceptors (Lipinski definition) is 4. The van der Waals surface area contributed by atoms with Gasteiger partial charge in [0, 0.05) is 13.1 Å². The fourth-order valence-electron chi connectivity index (χ4n) is 2.22. The lowest BCUT2D eigenvalue weighted by molar-refractivity contribution is -0.127. The van der Waals surface area contributed by atoms with E-state index in [1.165, 1.54) is 17.0 Å². The molecule has 0 radical (unpaired) electrons. The zero-order chi connectivity index (χ0) is 15.4. The summed E-state index contributed by atoms with van der Waals surface area (Å²) in [7, 11) is 0. The first-order valence-corrected chi connectivity index (χ1v) is 7.65. The molecule has 8 heteroatoms. The van der Waals surface area contributed by atoms with Gasteiger partial charge >= 0.3 is 0 Å². The van der Waals surface area contributed by atoms with Gasteiger partial charge in [-0.25, -0.2) is 0 Å². The molecule has 1 N–H and O–H groups in total. The number of rotatable bonds is 5. The standard InChI is InChI=1S/C13H16F2N2O3S/c1-2-9-11(18)16-5-6-17(9)12(19)10-4-3-8(20-10)7-21-13(14)15/h3-4,9,13H,2,5-7H2,1H3,(H,16,18). The molecule has 5 nitrogen and oxygen atoms in total. The van der Waals surface area contributed by atoms with Crippen LogP contribution in [0, 0.1) is 0 Å². The fourth-order valence-corrected chi connectivity index (χ4v) is 2.67. The Bertz CT molecular complexity index is 521. The third-order valence-corrected chi connectivity index (χ3v) is 3.91. The van der Waals surface area contributed by atoms with Crippen molar-refractivity contribution < 1.29 is 22.8 Å². The highest BCUT2D eigenvalue weighted by Gasteiger charge is 2.33. The molecule has 116 valence electrons. The third-order valence-electron chi connectivity index (χ3n) is 3.20. The molecule has 0 aliphatic carbocycles. The van der Waals surface area contributed by atoms with Crippen molar-refractivity contribution in [1.29, 1.82) is 0 Å². The number of piperazine rings is 1. The van der Waals surface area contributed by atoms with E-state index in [1.807, 2.05) is 6.92 Å². The number of nitrogens with zero attached hydrogens (tertiary/aromatic N) is 1. The van der Waals surface area contributed by atoms with Crippen LogP contribution in [-0.2, 0) is 10.5 Å². The Morgan fingerprint density at radius 1 is 1.57 bits per heavy atom. The number of halogens is 2. The number of thioether (sulfide) groups is 1. The van der Waals surface area contributed by atoms with Crippen LogP contribution in [0.15, 0.2) is 16.5 Å². The Kier molecular flexibility index (Phi) is 5.22. The smallest absolute Gasteiger partial charge is 0.290 e. The van der Waals surface area contributed by atoms with Crippen LogP contribution in [0.1, 0.15) is 29.7 Å². The van der Waals surface area contributed by atoms with E-state index in [9.17, 15) is 18.4 Å². The minimum atomic E-state index is -2.48. The van der Waals surface area contributed by atoms with Gasteiger partial charge < -0.3 is 14.6 Å². The van der Waals surface area contributed by atoms with E-state index >= 15 is 0 Å². The van der Waals surface area contributed by atoms with Crippen molar-refractivity contribution in [3.8, 4) is 0 Å². The predicted molar refractivity (Wildman–Crippen MR) is 74.1 cm³/mol. The third kappa shape index (κ3) is 3.75. The molecule has 2 heterocycles. The lowest BCUT2D eigenvalue weighted by Crippen LogP contribution is -2.56. The molecule has 21 heavy (non-hydrogen) atoms. The van der Waals surface area contributed by atoms with Crippen LogP contribution in [0.2, 0.25) is 0 Å². The van der Waals surface area contributed by atoms with Crippen molar-refractivity contribution in [2.45, 2.75) is 30.9 Å². The van der Waals surface area contributed by atoms with Gasteiger partial charge in [0.25, 0.3) is 11.7 Å². The van der Waals surface area contributed by atoms with Crippen LogP contribution >= 0.6 is 11.8 Å². The topological polar surface area (TPSA) is 62.6 Å². The lowest BCUT2D eigenvalue weighted by atomic mass is 10.1. The molecule has 1 saturated heterocycles. The molecule has 1 aliphatic heterocycles. The summed E-state index contributed by atoms with van der Waals surface area (Å²) in [5, 5.41) is 2.71. The Hall–Kier alpha value is -1.57. The molecule has 1 fully saturated rings. The zero-order valence-corrected chi connectivity index (χ0v) is 12.3. The fraction of sp³-hybridized carbons (Fsp3) is 0.538. The van der Waals surface area contributed by atoms with E-state index in [0.717, 1.165) is 0 Å². The summed E-state index contributed by atoms with van der Waals surface area (Å²) >= 11 is 0.434. The molecule has 2 rings (SSSR count). The van der Waals surface area contributed by atoms with Crippen LogP contribution in [0.5, 0.6) is 0 Å². The van der Waals surface area contributed by atoms with Gasteiger partial charge in [0.15, 0.2) is 5.76 Å². The minimum Gasteiger partial charge on any atom is -0.455 e. The minimum absolute atomic E-state index is 0.00262. The largest absolute Gasteiger partial charge is 0.455 e. The van der Waals surface area contributed by atoms with Crippen molar-refractivity contribution in [3.05, 3.63) is 23.7 Å². The molecular weight excluding hydrogens is 302 g/mol. The molecule has 2 amide bonds. The average molecular weight is 318 g/mol. The maximum Gasteiger partial charge on any atom is 0.290 e. The van der Waals surface area contributed by atoms with Crippen LogP contribution < -0.4 is 5.32 Å². The molecule has 1 aliphatic rings. The number of amides is 2.